The lowest BCUT2D eigenvalue weighted by atomic mass is 10.1. The molecule has 18 heavy (non-hydrogen) atoms. The van der Waals surface area contributed by atoms with E-state index in [1.54, 1.807) is 0 Å². The summed E-state index contributed by atoms with van der Waals surface area (Å²) in [7, 11) is 0. The van der Waals surface area contributed by atoms with E-state index < -0.39 is 0 Å². The Balaban J connectivity index is 2.10. The lowest BCUT2D eigenvalue weighted by Crippen LogP contribution is -2.39. The number of rotatable bonds is 4. The van der Waals surface area contributed by atoms with Crippen LogP contribution in [0.3, 0.4) is 0 Å². The lowest BCUT2D eigenvalue weighted by Gasteiger charge is -2.34. The summed E-state index contributed by atoms with van der Waals surface area (Å²) in [4.78, 5) is 2.39. The van der Waals surface area contributed by atoms with E-state index in [-0.39, 0.29) is 0 Å². The van der Waals surface area contributed by atoms with Gasteiger partial charge in [-0.3, -0.25) is 0 Å². The van der Waals surface area contributed by atoms with Crippen LogP contribution in [0, 0.1) is 0 Å². The second-order valence-corrected chi connectivity index (χ2v) is 5.71. The highest BCUT2D eigenvalue weighted by molar-refractivity contribution is 9.10. The minimum atomic E-state index is 0.364. The van der Waals surface area contributed by atoms with E-state index in [0.29, 0.717) is 12.0 Å². The molecule has 4 heteroatoms. The van der Waals surface area contributed by atoms with Gasteiger partial charge >= 0.3 is 0 Å². The molecule has 1 heterocycles. The zero-order chi connectivity index (χ0) is 13.0. The number of anilines is 1. The Labute approximate surface area is 122 Å². The molecule has 0 spiro atoms. The minimum absolute atomic E-state index is 0.364. The van der Waals surface area contributed by atoms with Gasteiger partial charge in [0.25, 0.3) is 0 Å². The van der Waals surface area contributed by atoms with E-state index in [1.807, 2.05) is 0 Å². The summed E-state index contributed by atoms with van der Waals surface area (Å²) >= 11 is 9.49. The van der Waals surface area contributed by atoms with Gasteiger partial charge < -0.3 is 9.64 Å². The van der Waals surface area contributed by atoms with Gasteiger partial charge in [-0.05, 0) is 53.4 Å². The fourth-order valence-electron chi connectivity index (χ4n) is 2.42. The molecule has 0 aliphatic carbocycles. The summed E-state index contributed by atoms with van der Waals surface area (Å²) in [5.74, 6) is 0.556. The van der Waals surface area contributed by atoms with Gasteiger partial charge in [0.1, 0.15) is 0 Å². The van der Waals surface area contributed by atoms with Crippen molar-refractivity contribution in [1.82, 2.24) is 0 Å². The van der Waals surface area contributed by atoms with Crippen LogP contribution in [0.1, 0.15) is 25.3 Å². The first-order valence-corrected chi connectivity index (χ1v) is 7.78. The molecule has 1 saturated heterocycles. The maximum atomic E-state index is 5.85. The third-order valence-corrected chi connectivity index (χ3v) is 4.23. The maximum absolute atomic E-state index is 5.85. The van der Waals surface area contributed by atoms with Crippen molar-refractivity contribution in [2.24, 2.45) is 0 Å². The van der Waals surface area contributed by atoms with Crippen molar-refractivity contribution in [3.8, 4) is 0 Å². The fraction of sp³-hybridized carbons (Fsp3) is 0.571. The molecule has 0 bridgehead atoms. The third kappa shape index (κ3) is 3.40. The standard InChI is InChI=1S/C14H19BrClNO/c1-2-18-12-4-3-7-17(10-12)14-6-5-11(9-16)8-13(14)15/h5-6,8,12H,2-4,7,9-10H2,1H3. The number of halogens is 2. The number of hydrogen-bond acceptors (Lipinski definition) is 2. The lowest BCUT2D eigenvalue weighted by molar-refractivity contribution is 0.0526. The normalized spacial score (nSPS) is 20.2. The van der Waals surface area contributed by atoms with Gasteiger partial charge in [-0.15, -0.1) is 11.6 Å². The molecule has 1 aromatic rings. The van der Waals surface area contributed by atoms with E-state index in [1.165, 1.54) is 18.5 Å². The van der Waals surface area contributed by atoms with Crippen molar-refractivity contribution in [3.63, 3.8) is 0 Å². The van der Waals surface area contributed by atoms with Gasteiger partial charge in [0, 0.05) is 30.0 Å². The van der Waals surface area contributed by atoms with Gasteiger partial charge in [-0.2, -0.15) is 0 Å². The van der Waals surface area contributed by atoms with E-state index in [0.717, 1.165) is 29.7 Å². The van der Waals surface area contributed by atoms with Gasteiger partial charge in [0.2, 0.25) is 0 Å². The molecule has 2 nitrogen and oxygen atoms in total. The Morgan fingerprint density at radius 1 is 1.50 bits per heavy atom. The van der Waals surface area contributed by atoms with E-state index in [4.69, 9.17) is 16.3 Å². The summed E-state index contributed by atoms with van der Waals surface area (Å²) in [6.45, 7) is 4.93. The Morgan fingerprint density at radius 2 is 2.33 bits per heavy atom. The molecule has 1 atom stereocenters. The number of hydrogen-bond donors (Lipinski definition) is 0. The molecule has 1 aliphatic rings. The molecule has 1 aliphatic heterocycles. The number of piperidine rings is 1. The second kappa shape index (κ2) is 6.78. The quantitative estimate of drug-likeness (QED) is 0.766. The number of alkyl halides is 1. The van der Waals surface area contributed by atoms with Crippen molar-refractivity contribution in [3.05, 3.63) is 28.2 Å². The van der Waals surface area contributed by atoms with Crippen LogP contribution in [0.5, 0.6) is 0 Å². The van der Waals surface area contributed by atoms with E-state index in [9.17, 15) is 0 Å². The van der Waals surface area contributed by atoms with Gasteiger partial charge in [-0.25, -0.2) is 0 Å². The van der Waals surface area contributed by atoms with Gasteiger partial charge in [0.05, 0.1) is 11.8 Å². The van der Waals surface area contributed by atoms with Crippen LogP contribution in [0.25, 0.3) is 0 Å². The van der Waals surface area contributed by atoms with Crippen molar-refractivity contribution in [1.29, 1.82) is 0 Å². The molecular formula is C14H19BrClNO. The Morgan fingerprint density at radius 3 is 3.00 bits per heavy atom. The first-order valence-electron chi connectivity index (χ1n) is 6.45. The van der Waals surface area contributed by atoms with Crippen molar-refractivity contribution in [2.45, 2.75) is 31.7 Å². The Kier molecular flexibility index (Phi) is 5.34. The number of benzene rings is 1. The molecule has 1 unspecified atom stereocenters. The zero-order valence-corrected chi connectivity index (χ0v) is 13.0. The van der Waals surface area contributed by atoms with E-state index >= 15 is 0 Å². The van der Waals surface area contributed by atoms with Crippen LogP contribution in [0.4, 0.5) is 5.69 Å². The van der Waals surface area contributed by atoms with Gasteiger partial charge in [0.15, 0.2) is 0 Å². The van der Waals surface area contributed by atoms with Crippen LogP contribution in [-0.4, -0.2) is 25.8 Å². The predicted molar refractivity (Wildman–Crippen MR) is 80.6 cm³/mol. The third-order valence-electron chi connectivity index (χ3n) is 3.29. The summed E-state index contributed by atoms with van der Waals surface area (Å²) in [6, 6.07) is 6.35. The number of nitrogens with zero attached hydrogens (tertiary/aromatic N) is 1. The zero-order valence-electron chi connectivity index (χ0n) is 10.7. The molecule has 2 rings (SSSR count). The molecule has 0 amide bonds. The van der Waals surface area contributed by atoms with Crippen LogP contribution in [0.2, 0.25) is 0 Å². The highest BCUT2D eigenvalue weighted by atomic mass is 79.9. The predicted octanol–water partition coefficient (Wildman–Crippen LogP) is 4.19. The average Bonchev–Trinajstić information content (AvgIpc) is 2.39. The molecule has 0 N–H and O–H groups in total. The maximum Gasteiger partial charge on any atom is 0.0750 e. The summed E-state index contributed by atoms with van der Waals surface area (Å²) in [5.41, 5.74) is 2.39. The Hall–Kier alpha value is -0.250. The molecule has 100 valence electrons. The highest BCUT2D eigenvalue weighted by Gasteiger charge is 2.21. The van der Waals surface area contributed by atoms with Gasteiger partial charge in [-0.1, -0.05) is 6.07 Å². The summed E-state index contributed by atoms with van der Waals surface area (Å²) in [6.07, 6.45) is 2.72. The molecule has 0 saturated carbocycles. The smallest absolute Gasteiger partial charge is 0.0750 e. The summed E-state index contributed by atoms with van der Waals surface area (Å²) < 4.78 is 6.86. The van der Waals surface area contributed by atoms with Crippen LogP contribution < -0.4 is 4.90 Å². The second-order valence-electron chi connectivity index (χ2n) is 4.58. The highest BCUT2D eigenvalue weighted by Crippen LogP contribution is 2.30. The first kappa shape index (κ1) is 14.2. The first-order chi connectivity index (χ1) is 8.74. The topological polar surface area (TPSA) is 12.5 Å². The Bertz CT molecular complexity index is 397. The van der Waals surface area contributed by atoms with Crippen LogP contribution in [0.15, 0.2) is 22.7 Å². The monoisotopic (exact) mass is 331 g/mol. The van der Waals surface area contributed by atoms with Crippen molar-refractivity contribution >= 4 is 33.2 Å². The molecular weight excluding hydrogens is 314 g/mol. The van der Waals surface area contributed by atoms with Crippen molar-refractivity contribution in [2.75, 3.05) is 24.6 Å². The molecule has 0 radical (unpaired) electrons. The largest absolute Gasteiger partial charge is 0.377 e. The summed E-state index contributed by atoms with van der Waals surface area (Å²) in [5, 5.41) is 0. The minimum Gasteiger partial charge on any atom is -0.377 e. The molecule has 1 fully saturated rings. The van der Waals surface area contributed by atoms with E-state index in [2.05, 4.69) is 46.0 Å². The molecule has 1 aromatic carbocycles. The van der Waals surface area contributed by atoms with Crippen LogP contribution in [-0.2, 0) is 10.6 Å². The fourth-order valence-corrected chi connectivity index (χ4v) is 3.26. The van der Waals surface area contributed by atoms with Crippen LogP contribution >= 0.6 is 27.5 Å². The average molecular weight is 333 g/mol. The molecule has 0 aromatic heterocycles. The van der Waals surface area contributed by atoms with Crippen molar-refractivity contribution < 1.29 is 4.74 Å². The number of ether oxygens (including phenoxy) is 1. The SMILES string of the molecule is CCOC1CCCN(c2ccc(CCl)cc2Br)C1.